The van der Waals surface area contributed by atoms with Gasteiger partial charge in [0.15, 0.2) is 5.96 Å². The number of carboxylic acid groups (broad SMARTS) is 1. The average molecular weight is 476 g/mol. The van der Waals surface area contributed by atoms with E-state index in [0.717, 1.165) is 6.92 Å². The fourth-order valence-corrected chi connectivity index (χ4v) is 2.52. The van der Waals surface area contributed by atoms with Gasteiger partial charge >= 0.3 is 5.97 Å². The van der Waals surface area contributed by atoms with Crippen LogP contribution in [0.4, 0.5) is 0 Å². The van der Waals surface area contributed by atoms with Crippen LogP contribution in [-0.2, 0) is 24.0 Å². The van der Waals surface area contributed by atoms with E-state index in [0.29, 0.717) is 0 Å². The van der Waals surface area contributed by atoms with Gasteiger partial charge in [0.05, 0.1) is 12.7 Å². The summed E-state index contributed by atoms with van der Waals surface area (Å²) >= 11 is 0. The standard InChI is InChI=1S/C18H33N7O8/c1-8(14(29)24-11(17(32)33)5-4-6-21-18(19)20)22-16(31)13(9(2)27)25-15(30)12(7-26)23-10(3)28/h8-9,11-13,26-27H,4-7H2,1-3H3,(H,22,31)(H,23,28)(H,24,29)(H,25,30)(H,32,33)(H4,19,20,21)/t8-,9+,11-,12-,13-/m0/s1. The molecule has 0 spiro atoms. The number of aliphatic carboxylic acids is 1. The molecule has 33 heavy (non-hydrogen) atoms. The molecular formula is C18H33N7O8. The van der Waals surface area contributed by atoms with Gasteiger partial charge in [0, 0.05) is 13.5 Å². The van der Waals surface area contributed by atoms with Crippen LogP contribution in [0.3, 0.4) is 0 Å². The van der Waals surface area contributed by atoms with Crippen molar-refractivity contribution < 1.29 is 39.3 Å². The third kappa shape index (κ3) is 11.6. The van der Waals surface area contributed by atoms with Crippen molar-refractivity contribution in [1.29, 1.82) is 0 Å². The lowest BCUT2D eigenvalue weighted by Gasteiger charge is -2.25. The fraction of sp³-hybridized carbons (Fsp3) is 0.667. The number of carbonyl (C=O) groups is 5. The number of hydrogen-bond acceptors (Lipinski definition) is 8. The predicted molar refractivity (Wildman–Crippen MR) is 115 cm³/mol. The van der Waals surface area contributed by atoms with E-state index < -0.39 is 66.5 Å². The number of aliphatic hydroxyl groups is 2. The Morgan fingerprint density at radius 3 is 1.97 bits per heavy atom. The van der Waals surface area contributed by atoms with Crippen molar-refractivity contribution in [1.82, 2.24) is 21.3 Å². The van der Waals surface area contributed by atoms with Crippen LogP contribution in [0, 0.1) is 0 Å². The van der Waals surface area contributed by atoms with Gasteiger partial charge in [0.1, 0.15) is 24.2 Å². The maximum absolute atomic E-state index is 12.5. The molecule has 0 rings (SSSR count). The summed E-state index contributed by atoms with van der Waals surface area (Å²) in [5.41, 5.74) is 10.4. The molecule has 0 aromatic rings. The molecule has 0 unspecified atom stereocenters. The molecule has 0 saturated heterocycles. The topological polar surface area (TPSA) is 259 Å². The molecule has 0 fully saturated rings. The van der Waals surface area contributed by atoms with Crippen molar-refractivity contribution in [3.63, 3.8) is 0 Å². The quantitative estimate of drug-likeness (QED) is 0.0660. The lowest BCUT2D eigenvalue weighted by atomic mass is 10.1. The first kappa shape index (κ1) is 29.5. The Morgan fingerprint density at radius 2 is 1.52 bits per heavy atom. The Morgan fingerprint density at radius 1 is 0.909 bits per heavy atom. The highest BCUT2D eigenvalue weighted by Crippen LogP contribution is 2.01. The van der Waals surface area contributed by atoms with Crippen LogP contribution >= 0.6 is 0 Å². The molecular weight excluding hydrogens is 442 g/mol. The first-order valence-electron chi connectivity index (χ1n) is 10.0. The second-order valence-electron chi connectivity index (χ2n) is 7.24. The lowest BCUT2D eigenvalue weighted by molar-refractivity contribution is -0.142. The van der Waals surface area contributed by atoms with Crippen molar-refractivity contribution in [3.05, 3.63) is 0 Å². The van der Waals surface area contributed by atoms with Gasteiger partial charge in [0.25, 0.3) is 0 Å². The van der Waals surface area contributed by atoms with Crippen molar-refractivity contribution in [2.75, 3.05) is 13.2 Å². The minimum atomic E-state index is -1.52. The van der Waals surface area contributed by atoms with E-state index in [2.05, 4.69) is 26.3 Å². The molecule has 188 valence electrons. The van der Waals surface area contributed by atoms with Gasteiger partial charge < -0.3 is 48.1 Å². The third-order valence-corrected chi connectivity index (χ3v) is 4.25. The maximum Gasteiger partial charge on any atom is 0.326 e. The van der Waals surface area contributed by atoms with E-state index in [1.165, 1.54) is 13.8 Å². The zero-order valence-corrected chi connectivity index (χ0v) is 18.7. The van der Waals surface area contributed by atoms with E-state index in [4.69, 9.17) is 11.5 Å². The molecule has 0 heterocycles. The van der Waals surface area contributed by atoms with Crippen molar-refractivity contribution >= 4 is 35.6 Å². The molecule has 4 amide bonds. The number of nitrogens with zero attached hydrogens (tertiary/aromatic N) is 1. The molecule has 0 aliphatic rings. The Balaban J connectivity index is 5.03. The van der Waals surface area contributed by atoms with Gasteiger partial charge in [-0.05, 0) is 26.7 Å². The monoisotopic (exact) mass is 475 g/mol. The van der Waals surface area contributed by atoms with Gasteiger partial charge in [-0.3, -0.25) is 24.2 Å². The molecule has 15 heteroatoms. The highest BCUT2D eigenvalue weighted by Gasteiger charge is 2.31. The highest BCUT2D eigenvalue weighted by molar-refractivity contribution is 5.95. The molecule has 0 aromatic carbocycles. The summed E-state index contributed by atoms with van der Waals surface area (Å²) in [5.74, 6) is -4.74. The van der Waals surface area contributed by atoms with Gasteiger partial charge in [-0.1, -0.05) is 0 Å². The van der Waals surface area contributed by atoms with Crippen LogP contribution in [-0.4, -0.2) is 94.3 Å². The number of guanidine groups is 1. The first-order chi connectivity index (χ1) is 15.3. The molecule has 0 aliphatic carbocycles. The number of carbonyl (C=O) groups excluding carboxylic acids is 4. The summed E-state index contributed by atoms with van der Waals surface area (Å²) in [6, 6.07) is -5.36. The zero-order valence-electron chi connectivity index (χ0n) is 18.7. The number of aliphatic imine (C=N–C) groups is 1. The summed E-state index contributed by atoms with van der Waals surface area (Å²) in [5, 5.41) is 37.3. The van der Waals surface area contributed by atoms with Crippen LogP contribution in [0.5, 0.6) is 0 Å². The van der Waals surface area contributed by atoms with Gasteiger partial charge in [-0.2, -0.15) is 0 Å². The second kappa shape index (κ2) is 14.6. The van der Waals surface area contributed by atoms with Crippen LogP contribution in [0.1, 0.15) is 33.6 Å². The first-order valence-corrected chi connectivity index (χ1v) is 10.0. The summed E-state index contributed by atoms with van der Waals surface area (Å²) in [7, 11) is 0. The van der Waals surface area contributed by atoms with Crippen molar-refractivity contribution in [2.45, 2.75) is 63.9 Å². The number of nitrogens with one attached hydrogen (secondary N) is 4. The summed E-state index contributed by atoms with van der Waals surface area (Å²) < 4.78 is 0. The van der Waals surface area contributed by atoms with E-state index in [1.54, 1.807) is 0 Å². The summed E-state index contributed by atoms with van der Waals surface area (Å²) in [6.45, 7) is 3.02. The minimum Gasteiger partial charge on any atom is -0.480 e. The molecule has 5 atom stereocenters. The molecule has 11 N–H and O–H groups in total. The summed E-state index contributed by atoms with van der Waals surface area (Å²) in [6.07, 6.45) is -1.11. The molecule has 0 aliphatic heterocycles. The second-order valence-corrected chi connectivity index (χ2v) is 7.24. The normalized spacial score (nSPS) is 15.1. The number of amides is 4. The minimum absolute atomic E-state index is 0.0244. The third-order valence-electron chi connectivity index (χ3n) is 4.25. The average Bonchev–Trinajstić information content (AvgIpc) is 2.70. The predicted octanol–water partition coefficient (Wildman–Crippen LogP) is -4.52. The van der Waals surface area contributed by atoms with Crippen LogP contribution in [0.15, 0.2) is 4.99 Å². The van der Waals surface area contributed by atoms with Crippen molar-refractivity contribution in [2.24, 2.45) is 16.5 Å². The van der Waals surface area contributed by atoms with Crippen LogP contribution < -0.4 is 32.7 Å². The molecule has 0 bridgehead atoms. The number of nitrogens with two attached hydrogens (primary N) is 2. The fourth-order valence-electron chi connectivity index (χ4n) is 2.52. The van der Waals surface area contributed by atoms with Crippen LogP contribution in [0.25, 0.3) is 0 Å². The molecule has 0 radical (unpaired) electrons. The summed E-state index contributed by atoms with van der Waals surface area (Å²) in [4.78, 5) is 63.2. The van der Waals surface area contributed by atoms with Gasteiger partial charge in [-0.15, -0.1) is 0 Å². The Kier molecular flexibility index (Phi) is 13.0. The molecule has 0 saturated carbocycles. The lowest BCUT2D eigenvalue weighted by Crippen LogP contribution is -2.60. The van der Waals surface area contributed by atoms with Crippen molar-refractivity contribution in [3.8, 4) is 0 Å². The van der Waals surface area contributed by atoms with E-state index in [1.807, 2.05) is 0 Å². The van der Waals surface area contributed by atoms with Gasteiger partial charge in [-0.25, -0.2) is 4.79 Å². The van der Waals surface area contributed by atoms with E-state index in [-0.39, 0.29) is 25.3 Å². The number of carboxylic acids is 1. The van der Waals surface area contributed by atoms with E-state index in [9.17, 15) is 39.3 Å². The number of aliphatic hydroxyl groups excluding tert-OH is 2. The number of rotatable bonds is 14. The largest absolute Gasteiger partial charge is 0.480 e. The highest BCUT2D eigenvalue weighted by atomic mass is 16.4. The Labute approximate surface area is 190 Å². The zero-order chi connectivity index (χ0) is 25.7. The van der Waals surface area contributed by atoms with Gasteiger partial charge in [0.2, 0.25) is 23.6 Å². The molecule has 0 aromatic heterocycles. The van der Waals surface area contributed by atoms with Crippen LogP contribution in [0.2, 0.25) is 0 Å². The smallest absolute Gasteiger partial charge is 0.326 e. The number of hydrogen-bond donors (Lipinski definition) is 9. The SMILES string of the molecule is CC(=O)N[C@@H](CO)C(=O)N[C@H](C(=O)N[C@@H](C)C(=O)N[C@@H](CCCN=C(N)N)C(=O)O)[C@@H](C)O. The Hall–Kier alpha value is -3.46. The maximum atomic E-state index is 12.5. The molecule has 15 nitrogen and oxygen atoms in total. The van der Waals surface area contributed by atoms with E-state index >= 15 is 0 Å². The Bertz CT molecular complexity index is 739.